The van der Waals surface area contributed by atoms with E-state index in [-0.39, 0.29) is 24.1 Å². The first-order chi connectivity index (χ1) is 9.20. The molecule has 0 aliphatic heterocycles. The quantitative estimate of drug-likeness (QED) is 0.821. The van der Waals surface area contributed by atoms with Crippen LogP contribution in [-0.4, -0.2) is 25.3 Å². The number of amides is 1. The van der Waals surface area contributed by atoms with Crippen molar-refractivity contribution in [1.29, 1.82) is 0 Å². The molecule has 2 N–H and O–H groups in total. The van der Waals surface area contributed by atoms with Crippen molar-refractivity contribution in [2.75, 3.05) is 18.9 Å². The Hall–Kier alpha value is -1.39. The topological polar surface area (TPSA) is 58.2 Å². The molecule has 1 amide bonds. The average Bonchev–Trinajstić information content (AvgIpc) is 2.40. The van der Waals surface area contributed by atoms with Gasteiger partial charge in [-0.05, 0) is 50.6 Å². The molecule has 0 radical (unpaired) electrons. The molecule has 1 aromatic carbocycles. The molecule has 0 spiro atoms. The SMILES string of the molecule is CNCCCC(=O)Nc1ccc2c(c1)C(=O)CCC2.Cl. The van der Waals surface area contributed by atoms with Gasteiger partial charge >= 0.3 is 0 Å². The number of carbonyl (C=O) groups excluding carboxylic acids is 2. The lowest BCUT2D eigenvalue weighted by molar-refractivity contribution is -0.116. The second-order valence-corrected chi connectivity index (χ2v) is 4.90. The molecule has 0 saturated heterocycles. The van der Waals surface area contributed by atoms with Gasteiger partial charge in [-0.2, -0.15) is 0 Å². The number of aryl methyl sites for hydroxylation is 1. The summed E-state index contributed by atoms with van der Waals surface area (Å²) in [6.45, 7) is 0.829. The maximum atomic E-state index is 11.8. The third kappa shape index (κ3) is 4.32. The van der Waals surface area contributed by atoms with Crippen LogP contribution in [0, 0.1) is 0 Å². The first-order valence-electron chi connectivity index (χ1n) is 6.81. The first-order valence-corrected chi connectivity index (χ1v) is 6.81. The number of anilines is 1. The minimum atomic E-state index is -0.00143. The molecule has 1 aromatic rings. The van der Waals surface area contributed by atoms with Crippen molar-refractivity contribution in [3.63, 3.8) is 0 Å². The summed E-state index contributed by atoms with van der Waals surface area (Å²) < 4.78 is 0. The lowest BCUT2D eigenvalue weighted by Gasteiger charge is -2.15. The van der Waals surface area contributed by atoms with E-state index >= 15 is 0 Å². The number of Topliss-reactive ketones (excluding diaryl/α,β-unsaturated/α-hetero) is 1. The zero-order chi connectivity index (χ0) is 13.7. The van der Waals surface area contributed by atoms with E-state index in [9.17, 15) is 9.59 Å². The summed E-state index contributed by atoms with van der Waals surface area (Å²) in [5, 5.41) is 5.86. The first kappa shape index (κ1) is 16.7. The highest BCUT2D eigenvalue weighted by atomic mass is 35.5. The third-order valence-corrected chi connectivity index (χ3v) is 3.37. The molecule has 2 rings (SSSR count). The van der Waals surface area contributed by atoms with E-state index in [1.807, 2.05) is 25.2 Å². The van der Waals surface area contributed by atoms with E-state index in [0.29, 0.717) is 12.8 Å². The van der Waals surface area contributed by atoms with Crippen LogP contribution in [0.15, 0.2) is 18.2 Å². The monoisotopic (exact) mass is 296 g/mol. The van der Waals surface area contributed by atoms with E-state index in [0.717, 1.165) is 42.6 Å². The molecule has 0 atom stereocenters. The van der Waals surface area contributed by atoms with Gasteiger partial charge in [-0.1, -0.05) is 6.07 Å². The van der Waals surface area contributed by atoms with Gasteiger partial charge in [0.2, 0.25) is 5.91 Å². The predicted octanol–water partition coefficient (Wildman–Crippen LogP) is 2.57. The van der Waals surface area contributed by atoms with E-state index < -0.39 is 0 Å². The summed E-state index contributed by atoms with van der Waals surface area (Å²) >= 11 is 0. The van der Waals surface area contributed by atoms with Crippen LogP contribution < -0.4 is 10.6 Å². The highest BCUT2D eigenvalue weighted by Crippen LogP contribution is 2.24. The fraction of sp³-hybridized carbons (Fsp3) is 0.467. The molecule has 4 nitrogen and oxygen atoms in total. The summed E-state index contributed by atoms with van der Waals surface area (Å²) in [4.78, 5) is 23.5. The van der Waals surface area contributed by atoms with Gasteiger partial charge in [-0.15, -0.1) is 12.4 Å². The van der Waals surface area contributed by atoms with E-state index in [2.05, 4.69) is 10.6 Å². The van der Waals surface area contributed by atoms with Crippen molar-refractivity contribution in [3.8, 4) is 0 Å². The number of hydrogen-bond acceptors (Lipinski definition) is 3. The molecule has 110 valence electrons. The van der Waals surface area contributed by atoms with Crippen LogP contribution in [0.1, 0.15) is 41.6 Å². The number of carbonyl (C=O) groups is 2. The van der Waals surface area contributed by atoms with Crippen molar-refractivity contribution < 1.29 is 9.59 Å². The second-order valence-electron chi connectivity index (χ2n) is 4.90. The van der Waals surface area contributed by atoms with E-state index in [1.54, 1.807) is 0 Å². The molecule has 0 saturated carbocycles. The Bertz CT molecular complexity index is 489. The van der Waals surface area contributed by atoms with Crippen LogP contribution in [0.25, 0.3) is 0 Å². The van der Waals surface area contributed by atoms with Gasteiger partial charge in [0.05, 0.1) is 0 Å². The van der Waals surface area contributed by atoms with E-state index in [1.165, 1.54) is 0 Å². The number of hydrogen-bond donors (Lipinski definition) is 2. The molecule has 5 heteroatoms. The van der Waals surface area contributed by atoms with Crippen LogP contribution in [0.4, 0.5) is 5.69 Å². The second kappa shape index (κ2) is 8.02. The van der Waals surface area contributed by atoms with Crippen LogP contribution in [0.5, 0.6) is 0 Å². The smallest absolute Gasteiger partial charge is 0.224 e. The normalized spacial score (nSPS) is 13.3. The van der Waals surface area contributed by atoms with Crippen LogP contribution >= 0.6 is 12.4 Å². The van der Waals surface area contributed by atoms with Gasteiger partial charge in [-0.25, -0.2) is 0 Å². The van der Waals surface area contributed by atoms with Gasteiger partial charge in [0, 0.05) is 24.1 Å². The summed E-state index contributed by atoms with van der Waals surface area (Å²) in [7, 11) is 1.87. The zero-order valence-electron chi connectivity index (χ0n) is 11.7. The van der Waals surface area contributed by atoms with Gasteiger partial charge in [0.25, 0.3) is 0 Å². The molecule has 0 heterocycles. The number of benzene rings is 1. The number of ketones is 1. The van der Waals surface area contributed by atoms with Crippen molar-refractivity contribution in [1.82, 2.24) is 5.32 Å². The van der Waals surface area contributed by atoms with Crippen molar-refractivity contribution >= 4 is 29.8 Å². The Morgan fingerprint density at radius 3 is 2.85 bits per heavy atom. The van der Waals surface area contributed by atoms with Gasteiger partial charge < -0.3 is 10.6 Å². The Kier molecular flexibility index (Phi) is 6.68. The molecule has 1 aliphatic rings. The standard InChI is InChI=1S/C15H20N2O2.ClH/c1-16-9-3-6-15(19)17-12-8-7-11-4-2-5-14(18)13(11)10-12;/h7-8,10,16H,2-6,9H2,1H3,(H,17,19);1H. The van der Waals surface area contributed by atoms with E-state index in [4.69, 9.17) is 0 Å². The van der Waals surface area contributed by atoms with Crippen molar-refractivity contribution in [2.24, 2.45) is 0 Å². The fourth-order valence-corrected chi connectivity index (χ4v) is 2.36. The van der Waals surface area contributed by atoms with Gasteiger partial charge in [0.15, 0.2) is 5.78 Å². The number of fused-ring (bicyclic) bond motifs is 1. The minimum Gasteiger partial charge on any atom is -0.326 e. The summed E-state index contributed by atoms with van der Waals surface area (Å²) in [5.41, 5.74) is 2.60. The van der Waals surface area contributed by atoms with Gasteiger partial charge in [-0.3, -0.25) is 9.59 Å². The van der Waals surface area contributed by atoms with Crippen molar-refractivity contribution in [3.05, 3.63) is 29.3 Å². The maximum absolute atomic E-state index is 11.8. The third-order valence-electron chi connectivity index (χ3n) is 3.37. The van der Waals surface area contributed by atoms with Crippen LogP contribution in [-0.2, 0) is 11.2 Å². The maximum Gasteiger partial charge on any atom is 0.224 e. The minimum absolute atomic E-state index is 0. The lowest BCUT2D eigenvalue weighted by Crippen LogP contribution is -2.16. The predicted molar refractivity (Wildman–Crippen MR) is 82.7 cm³/mol. The van der Waals surface area contributed by atoms with Crippen molar-refractivity contribution in [2.45, 2.75) is 32.1 Å². The average molecular weight is 297 g/mol. The lowest BCUT2D eigenvalue weighted by atomic mass is 9.90. The molecule has 1 aliphatic carbocycles. The number of rotatable bonds is 5. The molecule has 0 bridgehead atoms. The summed E-state index contributed by atoms with van der Waals surface area (Å²) in [6, 6.07) is 5.65. The highest BCUT2D eigenvalue weighted by molar-refractivity contribution is 6.00. The molecule has 20 heavy (non-hydrogen) atoms. The Morgan fingerprint density at radius 2 is 2.10 bits per heavy atom. The highest BCUT2D eigenvalue weighted by Gasteiger charge is 2.17. The fourth-order valence-electron chi connectivity index (χ4n) is 2.36. The molecule has 0 aromatic heterocycles. The van der Waals surface area contributed by atoms with Crippen LogP contribution in [0.3, 0.4) is 0 Å². The summed E-state index contributed by atoms with van der Waals surface area (Å²) in [6.07, 6.45) is 3.81. The van der Waals surface area contributed by atoms with Crippen LogP contribution in [0.2, 0.25) is 0 Å². The van der Waals surface area contributed by atoms with Gasteiger partial charge in [0.1, 0.15) is 0 Å². The molecule has 0 fully saturated rings. The number of nitrogens with one attached hydrogen (secondary N) is 2. The Morgan fingerprint density at radius 1 is 1.30 bits per heavy atom. The molecule has 0 unspecified atom stereocenters. The molecular weight excluding hydrogens is 276 g/mol. The Balaban J connectivity index is 0.00000200. The Labute approximate surface area is 125 Å². The summed E-state index contributed by atoms with van der Waals surface area (Å²) in [5.74, 6) is 0.186. The zero-order valence-corrected chi connectivity index (χ0v) is 12.5. The molecular formula is C15H21ClN2O2. The largest absolute Gasteiger partial charge is 0.326 e. The number of halogens is 1.